The maximum Gasteiger partial charge on any atom is 0.213 e. The van der Waals surface area contributed by atoms with Crippen molar-refractivity contribution >= 4 is 0 Å². The highest BCUT2D eigenvalue weighted by molar-refractivity contribution is 5.49. The molecular formula is C17H9F3N4. The minimum atomic E-state index is -1.85. The van der Waals surface area contributed by atoms with E-state index in [0.29, 0.717) is 0 Å². The van der Waals surface area contributed by atoms with E-state index in [1.807, 2.05) is 6.07 Å². The molecule has 0 aliphatic carbocycles. The van der Waals surface area contributed by atoms with Crippen LogP contribution in [0.15, 0.2) is 54.6 Å². The number of pyridine rings is 3. The first-order valence-corrected chi connectivity index (χ1v) is 6.86. The summed E-state index contributed by atoms with van der Waals surface area (Å²) < 4.78 is 40.8. The molecule has 3 heterocycles. The van der Waals surface area contributed by atoms with E-state index >= 15 is 0 Å². The zero-order chi connectivity index (χ0) is 17.2. The van der Waals surface area contributed by atoms with Crippen LogP contribution >= 0.6 is 0 Å². The van der Waals surface area contributed by atoms with Crippen molar-refractivity contribution in [3.8, 4) is 6.07 Å². The SMILES string of the molecule is N#CC(c1cccc(F)n1)(c1cccc(F)n1)c1cccc(F)n1. The van der Waals surface area contributed by atoms with E-state index in [2.05, 4.69) is 15.0 Å². The zero-order valence-corrected chi connectivity index (χ0v) is 12.1. The molecular weight excluding hydrogens is 317 g/mol. The van der Waals surface area contributed by atoms with E-state index in [1.54, 1.807) is 0 Å². The van der Waals surface area contributed by atoms with Crippen LogP contribution in [0, 0.1) is 29.2 Å². The van der Waals surface area contributed by atoms with Crippen LogP contribution in [0.1, 0.15) is 17.1 Å². The number of nitriles is 1. The van der Waals surface area contributed by atoms with Gasteiger partial charge in [-0.1, -0.05) is 18.2 Å². The largest absolute Gasteiger partial charge is 0.222 e. The highest BCUT2D eigenvalue weighted by atomic mass is 19.1. The molecule has 0 atom stereocenters. The van der Waals surface area contributed by atoms with Gasteiger partial charge in [-0.3, -0.25) is 0 Å². The van der Waals surface area contributed by atoms with Crippen molar-refractivity contribution in [3.05, 3.63) is 89.5 Å². The summed E-state index contributed by atoms with van der Waals surface area (Å²) in [7, 11) is 0. The van der Waals surface area contributed by atoms with E-state index < -0.39 is 23.3 Å². The Bertz CT molecular complexity index is 826. The van der Waals surface area contributed by atoms with E-state index in [1.165, 1.54) is 36.4 Å². The van der Waals surface area contributed by atoms with Gasteiger partial charge in [-0.05, 0) is 36.4 Å². The molecule has 0 spiro atoms. The maximum atomic E-state index is 13.6. The van der Waals surface area contributed by atoms with Gasteiger partial charge in [0.25, 0.3) is 0 Å². The number of rotatable bonds is 3. The van der Waals surface area contributed by atoms with Crippen LogP contribution in [0.2, 0.25) is 0 Å². The molecule has 0 radical (unpaired) electrons. The Morgan fingerprint density at radius 2 is 1.00 bits per heavy atom. The van der Waals surface area contributed by atoms with Gasteiger partial charge in [-0.25, -0.2) is 15.0 Å². The normalized spacial score (nSPS) is 11.1. The minimum absolute atomic E-state index is 0.0683. The molecule has 3 rings (SSSR count). The van der Waals surface area contributed by atoms with Gasteiger partial charge in [-0.2, -0.15) is 18.4 Å². The molecule has 0 fully saturated rings. The smallest absolute Gasteiger partial charge is 0.213 e. The lowest BCUT2D eigenvalue weighted by Crippen LogP contribution is -2.31. The average molecular weight is 326 g/mol. The Kier molecular flexibility index (Phi) is 3.96. The first-order chi connectivity index (χ1) is 11.6. The fourth-order valence-electron chi connectivity index (χ4n) is 2.42. The van der Waals surface area contributed by atoms with E-state index in [0.717, 1.165) is 18.2 Å². The van der Waals surface area contributed by atoms with Crippen molar-refractivity contribution in [2.24, 2.45) is 0 Å². The van der Waals surface area contributed by atoms with Crippen molar-refractivity contribution in [1.29, 1.82) is 5.26 Å². The molecule has 3 aromatic rings. The maximum absolute atomic E-state index is 13.6. The van der Waals surface area contributed by atoms with Crippen LogP contribution in [0.5, 0.6) is 0 Å². The summed E-state index contributed by atoms with van der Waals surface area (Å²) in [6.45, 7) is 0. The van der Waals surface area contributed by atoms with Gasteiger partial charge in [0.2, 0.25) is 17.8 Å². The van der Waals surface area contributed by atoms with Crippen molar-refractivity contribution in [1.82, 2.24) is 15.0 Å². The van der Waals surface area contributed by atoms with E-state index in [4.69, 9.17) is 0 Å². The molecule has 0 unspecified atom stereocenters. The highest BCUT2D eigenvalue weighted by Gasteiger charge is 2.42. The number of aromatic nitrogens is 3. The summed E-state index contributed by atoms with van der Waals surface area (Å²) >= 11 is 0. The molecule has 0 amide bonds. The molecule has 4 nitrogen and oxygen atoms in total. The lowest BCUT2D eigenvalue weighted by Gasteiger charge is -2.25. The molecule has 0 bridgehead atoms. The summed E-state index contributed by atoms with van der Waals surface area (Å²) in [5, 5.41) is 9.87. The van der Waals surface area contributed by atoms with Gasteiger partial charge in [-0.15, -0.1) is 0 Å². The molecule has 0 N–H and O–H groups in total. The average Bonchev–Trinajstić information content (AvgIpc) is 2.56. The van der Waals surface area contributed by atoms with Gasteiger partial charge in [0.05, 0.1) is 23.2 Å². The van der Waals surface area contributed by atoms with Gasteiger partial charge < -0.3 is 0 Å². The van der Waals surface area contributed by atoms with Crippen molar-refractivity contribution in [2.45, 2.75) is 5.41 Å². The minimum Gasteiger partial charge on any atom is -0.222 e. The number of halogens is 3. The van der Waals surface area contributed by atoms with Gasteiger partial charge in [0.1, 0.15) is 0 Å². The predicted octanol–water partition coefficient (Wildman–Crippen LogP) is 3.15. The molecule has 7 heteroatoms. The van der Waals surface area contributed by atoms with Crippen LogP contribution in [0.25, 0.3) is 0 Å². The summed E-state index contributed by atoms with van der Waals surface area (Å²) in [6, 6.07) is 13.5. The van der Waals surface area contributed by atoms with Crippen LogP contribution in [-0.4, -0.2) is 15.0 Å². The highest BCUT2D eigenvalue weighted by Crippen LogP contribution is 2.35. The molecule has 0 saturated heterocycles. The first-order valence-electron chi connectivity index (χ1n) is 6.86. The van der Waals surface area contributed by atoms with Crippen molar-refractivity contribution in [2.75, 3.05) is 0 Å². The molecule has 0 saturated carbocycles. The van der Waals surface area contributed by atoms with Crippen LogP contribution in [0.4, 0.5) is 13.2 Å². The molecule has 0 aliphatic heterocycles. The van der Waals surface area contributed by atoms with Crippen LogP contribution in [0.3, 0.4) is 0 Å². The lowest BCUT2D eigenvalue weighted by molar-refractivity contribution is 0.537. The Hall–Kier alpha value is -3.27. The molecule has 118 valence electrons. The summed E-state index contributed by atoms with van der Waals surface area (Å²) in [6.07, 6.45) is 0. The topological polar surface area (TPSA) is 62.5 Å². The van der Waals surface area contributed by atoms with E-state index in [9.17, 15) is 18.4 Å². The summed E-state index contributed by atoms with van der Waals surface area (Å²) in [4.78, 5) is 11.1. The molecule has 24 heavy (non-hydrogen) atoms. The third kappa shape index (κ3) is 2.58. The van der Waals surface area contributed by atoms with Crippen LogP contribution < -0.4 is 0 Å². The predicted molar refractivity (Wildman–Crippen MR) is 78.1 cm³/mol. The second-order valence-corrected chi connectivity index (χ2v) is 4.90. The lowest BCUT2D eigenvalue weighted by atomic mass is 9.78. The van der Waals surface area contributed by atoms with E-state index in [-0.39, 0.29) is 17.1 Å². The zero-order valence-electron chi connectivity index (χ0n) is 12.1. The summed E-state index contributed by atoms with van der Waals surface area (Å²) in [5.74, 6) is -2.50. The third-order valence-corrected chi connectivity index (χ3v) is 3.47. The monoisotopic (exact) mass is 326 g/mol. The Morgan fingerprint density at radius 3 is 1.25 bits per heavy atom. The third-order valence-electron chi connectivity index (χ3n) is 3.47. The second-order valence-electron chi connectivity index (χ2n) is 4.90. The van der Waals surface area contributed by atoms with Crippen molar-refractivity contribution < 1.29 is 13.2 Å². The number of nitrogens with zero attached hydrogens (tertiary/aromatic N) is 4. The standard InChI is InChI=1S/C17H9F3N4/c18-14-7-1-4-11(22-14)17(10-21,12-5-2-8-15(19)23-12)13-6-3-9-16(20)24-13/h1-9H. The molecule has 0 aliphatic rings. The van der Waals surface area contributed by atoms with Gasteiger partial charge in [0.15, 0.2) is 5.41 Å². The Balaban J connectivity index is 2.38. The quantitative estimate of drug-likeness (QED) is 0.694. The fourth-order valence-corrected chi connectivity index (χ4v) is 2.42. The molecule has 0 aromatic carbocycles. The van der Waals surface area contributed by atoms with Crippen molar-refractivity contribution in [3.63, 3.8) is 0 Å². The number of hydrogen-bond donors (Lipinski definition) is 0. The van der Waals surface area contributed by atoms with Crippen LogP contribution in [-0.2, 0) is 5.41 Å². The summed E-state index contributed by atoms with van der Waals surface area (Å²) in [5.41, 5.74) is -2.06. The van der Waals surface area contributed by atoms with Gasteiger partial charge >= 0.3 is 0 Å². The number of hydrogen-bond acceptors (Lipinski definition) is 4. The second kappa shape index (κ2) is 6.08. The Morgan fingerprint density at radius 1 is 0.667 bits per heavy atom. The Labute approximate surface area is 135 Å². The first kappa shape index (κ1) is 15.6. The van der Waals surface area contributed by atoms with Gasteiger partial charge in [0, 0.05) is 0 Å². The fraction of sp³-hybridized carbons (Fsp3) is 0.0588. The molecule has 3 aromatic heterocycles.